The SMILES string of the molecule is CC(C)[C@](C)(C#N)NC(=O)[C@H](C)Sc1ccc(Cl)c(C(F)(F)F)c1. The fourth-order valence-electron chi connectivity index (χ4n) is 1.71. The molecule has 0 fully saturated rings. The molecule has 0 saturated carbocycles. The maximum atomic E-state index is 12.9. The molecule has 0 aliphatic rings. The van der Waals surface area contributed by atoms with Gasteiger partial charge in [-0.2, -0.15) is 18.4 Å². The first-order valence-corrected chi connectivity index (χ1v) is 8.43. The first-order chi connectivity index (χ1) is 10.9. The Labute approximate surface area is 148 Å². The predicted octanol–water partition coefficient (Wildman–Crippen LogP) is 4.89. The number of alkyl halides is 3. The number of nitrogens with zero attached hydrogens (tertiary/aromatic N) is 1. The van der Waals surface area contributed by atoms with Crippen molar-refractivity contribution in [2.24, 2.45) is 5.92 Å². The van der Waals surface area contributed by atoms with Gasteiger partial charge in [-0.1, -0.05) is 25.4 Å². The Morgan fingerprint density at radius 2 is 1.92 bits per heavy atom. The van der Waals surface area contributed by atoms with E-state index in [4.69, 9.17) is 11.6 Å². The summed E-state index contributed by atoms with van der Waals surface area (Å²) in [6.45, 7) is 6.78. The van der Waals surface area contributed by atoms with Gasteiger partial charge in [0.05, 0.1) is 21.9 Å². The Kier molecular flexibility index (Phi) is 6.59. The van der Waals surface area contributed by atoms with Gasteiger partial charge in [0.1, 0.15) is 5.54 Å². The van der Waals surface area contributed by atoms with Crippen molar-refractivity contribution in [3.8, 4) is 6.07 Å². The molecule has 3 nitrogen and oxygen atoms in total. The smallest absolute Gasteiger partial charge is 0.337 e. The first kappa shape index (κ1) is 20.7. The van der Waals surface area contributed by atoms with Crippen LogP contribution in [0, 0.1) is 17.2 Å². The Bertz CT molecular complexity index is 658. The van der Waals surface area contributed by atoms with Crippen molar-refractivity contribution in [1.82, 2.24) is 5.32 Å². The number of hydrogen-bond acceptors (Lipinski definition) is 3. The Morgan fingerprint density at radius 3 is 2.38 bits per heavy atom. The topological polar surface area (TPSA) is 52.9 Å². The highest BCUT2D eigenvalue weighted by Gasteiger charge is 2.34. The Balaban J connectivity index is 2.91. The van der Waals surface area contributed by atoms with Gasteiger partial charge in [-0.3, -0.25) is 4.79 Å². The van der Waals surface area contributed by atoms with E-state index in [-0.39, 0.29) is 15.8 Å². The van der Waals surface area contributed by atoms with Crippen molar-refractivity contribution < 1.29 is 18.0 Å². The molecule has 1 aromatic rings. The lowest BCUT2D eigenvalue weighted by molar-refractivity contribution is -0.137. The monoisotopic (exact) mass is 378 g/mol. The van der Waals surface area contributed by atoms with Gasteiger partial charge in [0.25, 0.3) is 0 Å². The zero-order valence-electron chi connectivity index (χ0n) is 13.7. The van der Waals surface area contributed by atoms with Crippen molar-refractivity contribution in [2.45, 2.75) is 49.6 Å². The summed E-state index contributed by atoms with van der Waals surface area (Å²) in [6.07, 6.45) is -4.56. The standard InChI is InChI=1S/C16H18ClF3N2OS/c1-9(2)15(4,8-21)22-14(23)10(3)24-11-5-6-13(17)12(7-11)16(18,19)20/h5-7,9-10H,1-4H3,(H,22,23)/t10-,15-/m0/s1. The minimum atomic E-state index is -4.56. The van der Waals surface area contributed by atoms with E-state index in [1.807, 2.05) is 0 Å². The maximum absolute atomic E-state index is 12.9. The molecule has 0 radical (unpaired) electrons. The van der Waals surface area contributed by atoms with Crippen molar-refractivity contribution in [3.05, 3.63) is 28.8 Å². The van der Waals surface area contributed by atoms with E-state index in [2.05, 4.69) is 11.4 Å². The first-order valence-electron chi connectivity index (χ1n) is 7.17. The van der Waals surface area contributed by atoms with Crippen molar-refractivity contribution >= 4 is 29.3 Å². The molecule has 0 aliphatic carbocycles. The third kappa shape index (κ3) is 5.05. The molecule has 132 valence electrons. The second kappa shape index (κ2) is 7.66. The number of rotatable bonds is 5. The molecule has 0 aliphatic heterocycles. The summed E-state index contributed by atoms with van der Waals surface area (Å²) >= 11 is 6.55. The minimum absolute atomic E-state index is 0.115. The molecule has 0 bridgehead atoms. The van der Waals surface area contributed by atoms with Gasteiger partial charge >= 0.3 is 6.18 Å². The number of carbonyl (C=O) groups excluding carboxylic acids is 1. The summed E-state index contributed by atoms with van der Waals surface area (Å²) in [6, 6.07) is 5.56. The molecule has 1 N–H and O–H groups in total. The van der Waals surface area contributed by atoms with Crippen LogP contribution in [0.2, 0.25) is 5.02 Å². The van der Waals surface area contributed by atoms with E-state index in [9.17, 15) is 23.2 Å². The van der Waals surface area contributed by atoms with Crippen molar-refractivity contribution in [2.75, 3.05) is 0 Å². The summed E-state index contributed by atoms with van der Waals surface area (Å²) in [4.78, 5) is 12.5. The van der Waals surface area contributed by atoms with E-state index in [1.54, 1.807) is 27.7 Å². The second-order valence-electron chi connectivity index (χ2n) is 5.86. The molecule has 0 heterocycles. The molecule has 0 saturated heterocycles. The average molecular weight is 379 g/mol. The Hall–Kier alpha value is -1.39. The fourth-order valence-corrected chi connectivity index (χ4v) is 2.84. The van der Waals surface area contributed by atoms with Gasteiger partial charge < -0.3 is 5.32 Å². The lowest BCUT2D eigenvalue weighted by Gasteiger charge is -2.28. The normalized spacial score (nSPS) is 15.5. The van der Waals surface area contributed by atoms with E-state index in [1.165, 1.54) is 6.07 Å². The highest BCUT2D eigenvalue weighted by molar-refractivity contribution is 8.00. The van der Waals surface area contributed by atoms with Crippen LogP contribution in [0.15, 0.2) is 23.1 Å². The lowest BCUT2D eigenvalue weighted by atomic mass is 9.90. The van der Waals surface area contributed by atoms with Gasteiger partial charge in [0, 0.05) is 4.90 Å². The zero-order valence-corrected chi connectivity index (χ0v) is 15.2. The summed E-state index contributed by atoms with van der Waals surface area (Å²) in [5, 5.41) is 10.8. The number of benzene rings is 1. The highest BCUT2D eigenvalue weighted by Crippen LogP contribution is 2.37. The summed E-state index contributed by atoms with van der Waals surface area (Å²) < 4.78 is 38.6. The quantitative estimate of drug-likeness (QED) is 0.742. The second-order valence-corrected chi connectivity index (χ2v) is 7.68. The van der Waals surface area contributed by atoms with E-state index in [0.717, 1.165) is 23.9 Å². The molecule has 1 aromatic carbocycles. The molecule has 1 rings (SSSR count). The van der Waals surface area contributed by atoms with Gasteiger partial charge in [-0.15, -0.1) is 11.8 Å². The molecular weight excluding hydrogens is 361 g/mol. The number of carbonyl (C=O) groups is 1. The number of amides is 1. The number of halogens is 4. The number of thioether (sulfide) groups is 1. The molecular formula is C16H18ClF3N2OS. The van der Waals surface area contributed by atoms with Crippen LogP contribution in [-0.4, -0.2) is 16.7 Å². The number of nitriles is 1. The van der Waals surface area contributed by atoms with Crippen LogP contribution in [0.5, 0.6) is 0 Å². The van der Waals surface area contributed by atoms with Gasteiger partial charge in [0.15, 0.2) is 0 Å². The summed E-state index contributed by atoms with van der Waals surface area (Å²) in [7, 11) is 0. The van der Waals surface area contributed by atoms with Crippen molar-refractivity contribution in [1.29, 1.82) is 5.26 Å². The highest BCUT2D eigenvalue weighted by atomic mass is 35.5. The van der Waals surface area contributed by atoms with Gasteiger partial charge in [-0.25, -0.2) is 0 Å². The molecule has 0 unspecified atom stereocenters. The molecule has 0 aromatic heterocycles. The maximum Gasteiger partial charge on any atom is 0.417 e. The molecule has 24 heavy (non-hydrogen) atoms. The number of hydrogen-bond donors (Lipinski definition) is 1. The van der Waals surface area contributed by atoms with Crippen LogP contribution in [-0.2, 0) is 11.0 Å². The van der Waals surface area contributed by atoms with Crippen LogP contribution >= 0.6 is 23.4 Å². The largest absolute Gasteiger partial charge is 0.417 e. The van der Waals surface area contributed by atoms with Crippen LogP contribution in [0.25, 0.3) is 0 Å². The van der Waals surface area contributed by atoms with E-state index >= 15 is 0 Å². The average Bonchev–Trinajstić information content (AvgIpc) is 2.47. The molecule has 0 spiro atoms. The number of nitrogens with one attached hydrogen (secondary N) is 1. The fraction of sp³-hybridized carbons (Fsp3) is 0.500. The minimum Gasteiger partial charge on any atom is -0.337 e. The molecule has 1 amide bonds. The van der Waals surface area contributed by atoms with Crippen molar-refractivity contribution in [3.63, 3.8) is 0 Å². The third-order valence-electron chi connectivity index (χ3n) is 3.70. The molecule has 2 atom stereocenters. The lowest BCUT2D eigenvalue weighted by Crippen LogP contribution is -2.51. The van der Waals surface area contributed by atoms with Crippen LogP contribution in [0.1, 0.15) is 33.3 Å². The van der Waals surface area contributed by atoms with Gasteiger partial charge in [0.2, 0.25) is 5.91 Å². The zero-order chi connectivity index (χ0) is 18.7. The molecule has 8 heteroatoms. The summed E-state index contributed by atoms with van der Waals surface area (Å²) in [5.74, 6) is -0.530. The van der Waals surface area contributed by atoms with E-state index in [0.29, 0.717) is 0 Å². The Morgan fingerprint density at radius 1 is 1.33 bits per heavy atom. The van der Waals surface area contributed by atoms with Crippen LogP contribution in [0.3, 0.4) is 0 Å². The van der Waals surface area contributed by atoms with E-state index < -0.39 is 28.4 Å². The summed E-state index contributed by atoms with van der Waals surface area (Å²) in [5.41, 5.74) is -1.98. The van der Waals surface area contributed by atoms with Crippen LogP contribution in [0.4, 0.5) is 13.2 Å². The van der Waals surface area contributed by atoms with Crippen LogP contribution < -0.4 is 5.32 Å². The predicted molar refractivity (Wildman–Crippen MR) is 88.8 cm³/mol. The third-order valence-corrected chi connectivity index (χ3v) is 5.12. The van der Waals surface area contributed by atoms with Gasteiger partial charge in [-0.05, 0) is 38.0 Å².